The first-order chi connectivity index (χ1) is 13.1. The van der Waals surface area contributed by atoms with Gasteiger partial charge in [-0.25, -0.2) is 0 Å². The Morgan fingerprint density at radius 2 is 1.71 bits per heavy atom. The van der Waals surface area contributed by atoms with Crippen molar-refractivity contribution >= 4 is 0 Å². The van der Waals surface area contributed by atoms with Gasteiger partial charge in [0.2, 0.25) is 0 Å². The Hall–Kier alpha value is -0.160. The highest BCUT2D eigenvalue weighted by atomic mass is 16.7. The van der Waals surface area contributed by atoms with Gasteiger partial charge in [0.25, 0.3) is 0 Å². The molecule has 0 bridgehead atoms. The van der Waals surface area contributed by atoms with Gasteiger partial charge in [-0.1, -0.05) is 34.6 Å². The minimum Gasteiger partial charge on any atom is -0.377 e. The summed E-state index contributed by atoms with van der Waals surface area (Å²) in [6, 6.07) is 0. The first-order valence-electron chi connectivity index (χ1n) is 11.7. The second-order valence-electron chi connectivity index (χ2n) is 11.6. The van der Waals surface area contributed by atoms with Crippen molar-refractivity contribution in [2.75, 3.05) is 33.4 Å². The quantitative estimate of drug-likeness (QED) is 0.589. The third-order valence-corrected chi connectivity index (χ3v) is 7.12. The maximum atomic E-state index is 6.49. The molecule has 0 aromatic heterocycles. The first kappa shape index (κ1) is 22.5. The van der Waals surface area contributed by atoms with Crippen molar-refractivity contribution in [2.24, 2.45) is 16.7 Å². The van der Waals surface area contributed by atoms with Gasteiger partial charge < -0.3 is 19.1 Å². The average Bonchev–Trinajstić information content (AvgIpc) is 3.22. The van der Waals surface area contributed by atoms with Crippen molar-refractivity contribution in [3.8, 4) is 0 Å². The molecule has 4 nitrogen and oxygen atoms in total. The molecule has 164 valence electrons. The maximum absolute atomic E-state index is 6.49. The van der Waals surface area contributed by atoms with Crippen molar-refractivity contribution in [3.05, 3.63) is 0 Å². The van der Waals surface area contributed by atoms with Crippen LogP contribution in [0.3, 0.4) is 0 Å². The topological polar surface area (TPSA) is 30.9 Å². The molecule has 0 N–H and O–H groups in total. The summed E-state index contributed by atoms with van der Waals surface area (Å²) >= 11 is 0. The van der Waals surface area contributed by atoms with E-state index in [0.717, 1.165) is 51.5 Å². The Kier molecular flexibility index (Phi) is 7.17. The average molecular weight is 396 g/mol. The number of nitrogens with zero attached hydrogens (tertiary/aromatic N) is 1. The first-order valence-corrected chi connectivity index (χ1v) is 11.7. The molecule has 1 spiro atoms. The van der Waals surface area contributed by atoms with Crippen molar-refractivity contribution in [3.63, 3.8) is 0 Å². The molecule has 1 saturated carbocycles. The number of hydrogen-bond donors (Lipinski definition) is 0. The molecule has 4 heteroatoms. The molecule has 2 saturated heterocycles. The molecule has 0 radical (unpaired) electrons. The summed E-state index contributed by atoms with van der Waals surface area (Å²) in [5.74, 6) is 0.493. The Morgan fingerprint density at radius 3 is 2.32 bits per heavy atom. The summed E-state index contributed by atoms with van der Waals surface area (Å²) in [5.41, 5.74) is 0.780. The Labute approximate surface area is 173 Å². The summed E-state index contributed by atoms with van der Waals surface area (Å²) in [5, 5.41) is 0. The summed E-state index contributed by atoms with van der Waals surface area (Å²) in [6.07, 6.45) is 10.0. The van der Waals surface area contributed by atoms with Crippen molar-refractivity contribution < 1.29 is 14.2 Å². The van der Waals surface area contributed by atoms with E-state index in [-0.39, 0.29) is 11.9 Å². The molecule has 2 heterocycles. The highest BCUT2D eigenvalue weighted by Crippen LogP contribution is 2.49. The van der Waals surface area contributed by atoms with Crippen LogP contribution in [0.25, 0.3) is 0 Å². The van der Waals surface area contributed by atoms with Crippen LogP contribution in [0, 0.1) is 16.7 Å². The molecule has 3 rings (SSSR count). The van der Waals surface area contributed by atoms with E-state index in [1.165, 1.54) is 32.1 Å². The molecular weight excluding hydrogens is 350 g/mol. The van der Waals surface area contributed by atoms with Gasteiger partial charge in [0.15, 0.2) is 5.79 Å². The van der Waals surface area contributed by atoms with Gasteiger partial charge in [0.05, 0.1) is 18.8 Å². The SMILES string of the molecule is CN(CCC1COC2(CCC(C(C)(C)CC(C)(C)C)CC2)O1)CC1CCCO1. The highest BCUT2D eigenvalue weighted by Gasteiger charge is 2.47. The van der Waals surface area contributed by atoms with Gasteiger partial charge in [-0.05, 0) is 62.3 Å². The Morgan fingerprint density at radius 1 is 1.00 bits per heavy atom. The second kappa shape index (κ2) is 8.91. The zero-order valence-electron chi connectivity index (χ0n) is 19.4. The van der Waals surface area contributed by atoms with E-state index >= 15 is 0 Å². The van der Waals surface area contributed by atoms with Gasteiger partial charge in [0, 0.05) is 32.5 Å². The van der Waals surface area contributed by atoms with Crippen molar-refractivity contribution in [1.82, 2.24) is 4.90 Å². The lowest BCUT2D eigenvalue weighted by molar-refractivity contribution is -0.198. The molecule has 0 aromatic rings. The molecule has 0 amide bonds. The largest absolute Gasteiger partial charge is 0.377 e. The summed E-state index contributed by atoms with van der Waals surface area (Å²) in [4.78, 5) is 2.40. The van der Waals surface area contributed by atoms with E-state index < -0.39 is 0 Å². The van der Waals surface area contributed by atoms with E-state index in [1.807, 2.05) is 0 Å². The summed E-state index contributed by atoms with van der Waals surface area (Å²) < 4.78 is 18.5. The lowest BCUT2D eigenvalue weighted by Crippen LogP contribution is -2.40. The van der Waals surface area contributed by atoms with Crippen LogP contribution in [0.5, 0.6) is 0 Å². The Balaban J connectivity index is 1.40. The molecular formula is C24H45NO3. The zero-order chi connectivity index (χ0) is 20.4. The van der Waals surface area contributed by atoms with E-state index in [0.29, 0.717) is 16.9 Å². The van der Waals surface area contributed by atoms with Crippen LogP contribution in [0.2, 0.25) is 0 Å². The fraction of sp³-hybridized carbons (Fsp3) is 1.00. The van der Waals surface area contributed by atoms with E-state index in [1.54, 1.807) is 0 Å². The normalized spacial score (nSPS) is 34.6. The monoisotopic (exact) mass is 395 g/mol. The predicted molar refractivity (Wildman–Crippen MR) is 114 cm³/mol. The lowest BCUT2D eigenvalue weighted by atomic mass is 9.64. The van der Waals surface area contributed by atoms with Crippen molar-refractivity contribution in [2.45, 2.75) is 104 Å². The third-order valence-electron chi connectivity index (χ3n) is 7.12. The van der Waals surface area contributed by atoms with E-state index in [9.17, 15) is 0 Å². The van der Waals surface area contributed by atoms with Gasteiger partial charge >= 0.3 is 0 Å². The smallest absolute Gasteiger partial charge is 0.168 e. The minimum atomic E-state index is -0.286. The van der Waals surface area contributed by atoms with Gasteiger partial charge in [-0.2, -0.15) is 0 Å². The van der Waals surface area contributed by atoms with Crippen LogP contribution < -0.4 is 0 Å². The van der Waals surface area contributed by atoms with Crippen molar-refractivity contribution in [1.29, 1.82) is 0 Å². The summed E-state index contributed by atoms with van der Waals surface area (Å²) in [6.45, 7) is 15.8. The number of rotatable bonds is 7. The predicted octanol–water partition coefficient (Wildman–Crippen LogP) is 5.25. The zero-order valence-corrected chi connectivity index (χ0v) is 19.4. The standard InChI is InChI=1S/C24H45NO3/c1-22(2,3)18-23(4,5)19-9-12-24(13-10-19)27-17-21(28-24)11-14-25(6)16-20-8-7-15-26-20/h19-21H,7-18H2,1-6H3. The molecule has 2 atom stereocenters. The maximum Gasteiger partial charge on any atom is 0.168 e. The fourth-order valence-corrected chi connectivity index (χ4v) is 5.96. The number of ether oxygens (including phenoxy) is 3. The number of likely N-dealkylation sites (N-methyl/N-ethyl adjacent to an activating group) is 1. The van der Waals surface area contributed by atoms with Crippen LogP contribution in [0.4, 0.5) is 0 Å². The van der Waals surface area contributed by atoms with E-state index in [2.05, 4.69) is 46.6 Å². The van der Waals surface area contributed by atoms with Gasteiger partial charge in [-0.15, -0.1) is 0 Å². The van der Waals surface area contributed by atoms with Crippen LogP contribution in [0.1, 0.15) is 86.0 Å². The molecule has 1 aliphatic carbocycles. The van der Waals surface area contributed by atoms with E-state index in [4.69, 9.17) is 14.2 Å². The molecule has 3 fully saturated rings. The van der Waals surface area contributed by atoms with Crippen LogP contribution >= 0.6 is 0 Å². The summed E-state index contributed by atoms with van der Waals surface area (Å²) in [7, 11) is 2.20. The van der Waals surface area contributed by atoms with Crippen LogP contribution in [0.15, 0.2) is 0 Å². The molecule has 0 aromatic carbocycles. The van der Waals surface area contributed by atoms with Gasteiger partial charge in [-0.3, -0.25) is 0 Å². The van der Waals surface area contributed by atoms with Gasteiger partial charge in [0.1, 0.15) is 0 Å². The van der Waals surface area contributed by atoms with Crippen LogP contribution in [-0.4, -0.2) is 56.2 Å². The lowest BCUT2D eigenvalue weighted by Gasteiger charge is -2.45. The molecule has 2 unspecified atom stereocenters. The minimum absolute atomic E-state index is 0.256. The fourth-order valence-electron chi connectivity index (χ4n) is 5.96. The third kappa shape index (κ3) is 6.17. The Bertz CT molecular complexity index is 485. The second-order valence-corrected chi connectivity index (χ2v) is 11.6. The molecule has 3 aliphatic rings. The molecule has 28 heavy (non-hydrogen) atoms. The van der Waals surface area contributed by atoms with Crippen LogP contribution in [-0.2, 0) is 14.2 Å². The number of hydrogen-bond acceptors (Lipinski definition) is 4. The highest BCUT2D eigenvalue weighted by molar-refractivity contribution is 4.91. The molecule has 2 aliphatic heterocycles.